The molecule has 2 aliphatic heterocycles. The van der Waals surface area contributed by atoms with Crippen molar-refractivity contribution in [3.8, 4) is 0 Å². The van der Waals surface area contributed by atoms with Crippen LogP contribution in [-0.2, 0) is 11.2 Å². The van der Waals surface area contributed by atoms with Crippen LogP contribution in [0.15, 0.2) is 48.5 Å². The Kier molecular flexibility index (Phi) is 4.69. The Morgan fingerprint density at radius 3 is 2.30 bits per heavy atom. The molecule has 5 heteroatoms. The third kappa shape index (κ3) is 2.95. The second kappa shape index (κ2) is 7.38. The van der Waals surface area contributed by atoms with Gasteiger partial charge in [0.25, 0.3) is 11.8 Å². The van der Waals surface area contributed by atoms with Crippen LogP contribution < -0.4 is 0 Å². The summed E-state index contributed by atoms with van der Waals surface area (Å²) in [6.45, 7) is 3.00. The predicted octanol–water partition coefficient (Wildman–Crippen LogP) is 3.84. The summed E-state index contributed by atoms with van der Waals surface area (Å²) >= 11 is 0. The first-order valence-electron chi connectivity index (χ1n) is 10.9. The minimum absolute atomic E-state index is 0.0416. The maximum absolute atomic E-state index is 13.5. The van der Waals surface area contributed by atoms with Crippen molar-refractivity contribution in [3.05, 3.63) is 70.8 Å². The SMILES string of the molecule is CC1CCCC1C(=O)N1CCc2ccccc2C1CN1C(=O)c2ccccc2C1=O. The number of carbonyl (C=O) groups excluding carboxylic acids is 3. The largest absolute Gasteiger partial charge is 0.333 e. The molecular weight excluding hydrogens is 376 g/mol. The van der Waals surface area contributed by atoms with Crippen molar-refractivity contribution in [1.29, 1.82) is 0 Å². The third-order valence-electron chi connectivity index (χ3n) is 7.11. The van der Waals surface area contributed by atoms with Crippen LogP contribution in [0.25, 0.3) is 0 Å². The van der Waals surface area contributed by atoms with E-state index in [0.29, 0.717) is 23.6 Å². The van der Waals surface area contributed by atoms with E-state index in [1.165, 1.54) is 10.5 Å². The maximum Gasteiger partial charge on any atom is 0.261 e. The number of hydrogen-bond donors (Lipinski definition) is 0. The number of imide groups is 1. The van der Waals surface area contributed by atoms with Crippen LogP contribution >= 0.6 is 0 Å². The van der Waals surface area contributed by atoms with Gasteiger partial charge in [-0.05, 0) is 48.4 Å². The van der Waals surface area contributed by atoms with Crippen molar-refractivity contribution in [2.75, 3.05) is 13.1 Å². The molecular formula is C25H26N2O3. The lowest BCUT2D eigenvalue weighted by Gasteiger charge is -2.40. The quantitative estimate of drug-likeness (QED) is 0.733. The molecule has 2 heterocycles. The molecule has 3 aliphatic rings. The van der Waals surface area contributed by atoms with Crippen LogP contribution in [0.1, 0.15) is 64.1 Å². The van der Waals surface area contributed by atoms with Crippen LogP contribution in [0.2, 0.25) is 0 Å². The topological polar surface area (TPSA) is 57.7 Å². The fourth-order valence-corrected chi connectivity index (χ4v) is 5.42. The molecule has 0 radical (unpaired) electrons. The van der Waals surface area contributed by atoms with E-state index in [2.05, 4.69) is 13.0 Å². The summed E-state index contributed by atoms with van der Waals surface area (Å²) in [6, 6.07) is 14.8. The van der Waals surface area contributed by atoms with Crippen LogP contribution in [0, 0.1) is 11.8 Å². The molecule has 3 atom stereocenters. The molecule has 5 rings (SSSR count). The molecule has 3 unspecified atom stereocenters. The lowest BCUT2D eigenvalue weighted by atomic mass is 9.89. The Morgan fingerprint density at radius 1 is 0.967 bits per heavy atom. The van der Waals surface area contributed by atoms with E-state index in [1.54, 1.807) is 24.3 Å². The second-order valence-corrected chi connectivity index (χ2v) is 8.78. The summed E-state index contributed by atoms with van der Waals surface area (Å²) in [7, 11) is 0. The molecule has 0 aromatic heterocycles. The van der Waals surface area contributed by atoms with Gasteiger partial charge >= 0.3 is 0 Å². The molecule has 2 aromatic rings. The minimum atomic E-state index is -0.294. The number of nitrogens with zero attached hydrogens (tertiary/aromatic N) is 2. The van der Waals surface area contributed by atoms with E-state index < -0.39 is 0 Å². The highest BCUT2D eigenvalue weighted by Gasteiger charge is 2.42. The molecule has 0 saturated heterocycles. The molecule has 1 aliphatic carbocycles. The lowest BCUT2D eigenvalue weighted by molar-refractivity contribution is -0.139. The summed E-state index contributed by atoms with van der Waals surface area (Å²) in [5, 5.41) is 0. The average molecular weight is 402 g/mol. The molecule has 30 heavy (non-hydrogen) atoms. The Balaban J connectivity index is 1.49. The molecule has 0 spiro atoms. The van der Waals surface area contributed by atoms with Crippen molar-refractivity contribution in [2.45, 2.75) is 38.6 Å². The van der Waals surface area contributed by atoms with E-state index in [1.807, 2.05) is 23.1 Å². The number of rotatable bonds is 3. The van der Waals surface area contributed by atoms with Gasteiger partial charge in [-0.2, -0.15) is 0 Å². The van der Waals surface area contributed by atoms with Gasteiger partial charge in [0.05, 0.1) is 23.7 Å². The second-order valence-electron chi connectivity index (χ2n) is 8.78. The van der Waals surface area contributed by atoms with Crippen molar-refractivity contribution >= 4 is 17.7 Å². The van der Waals surface area contributed by atoms with Gasteiger partial charge in [-0.3, -0.25) is 19.3 Å². The first kappa shape index (κ1) is 19.0. The van der Waals surface area contributed by atoms with Gasteiger partial charge in [0.1, 0.15) is 0 Å². The Hall–Kier alpha value is -2.95. The maximum atomic E-state index is 13.5. The van der Waals surface area contributed by atoms with Crippen LogP contribution in [-0.4, -0.2) is 40.6 Å². The average Bonchev–Trinajstić information content (AvgIpc) is 3.30. The van der Waals surface area contributed by atoms with Crippen molar-refractivity contribution in [3.63, 3.8) is 0 Å². The molecule has 3 amide bonds. The minimum Gasteiger partial charge on any atom is -0.333 e. The summed E-state index contributed by atoms with van der Waals surface area (Å²) in [5.41, 5.74) is 3.16. The fraction of sp³-hybridized carbons (Fsp3) is 0.400. The van der Waals surface area contributed by atoms with E-state index in [0.717, 1.165) is 31.2 Å². The first-order valence-corrected chi connectivity index (χ1v) is 10.9. The van der Waals surface area contributed by atoms with Crippen LogP contribution in [0.3, 0.4) is 0 Å². The molecule has 0 N–H and O–H groups in total. The highest BCUT2D eigenvalue weighted by molar-refractivity contribution is 6.21. The summed E-state index contributed by atoms with van der Waals surface area (Å²) in [6.07, 6.45) is 3.91. The van der Waals surface area contributed by atoms with Gasteiger partial charge in [0.15, 0.2) is 0 Å². The first-order chi connectivity index (χ1) is 14.6. The molecule has 2 aromatic carbocycles. The number of hydrogen-bond acceptors (Lipinski definition) is 3. The number of benzene rings is 2. The van der Waals surface area contributed by atoms with Gasteiger partial charge in [-0.25, -0.2) is 0 Å². The highest BCUT2D eigenvalue weighted by Crippen LogP contribution is 2.38. The Labute approximate surface area is 176 Å². The van der Waals surface area contributed by atoms with Crippen LogP contribution in [0.4, 0.5) is 0 Å². The summed E-state index contributed by atoms with van der Waals surface area (Å²) in [5.74, 6) is 0.0752. The molecule has 5 nitrogen and oxygen atoms in total. The van der Waals surface area contributed by atoms with Gasteiger partial charge in [0.2, 0.25) is 5.91 Å². The number of carbonyl (C=O) groups is 3. The van der Waals surface area contributed by atoms with Crippen LogP contribution in [0.5, 0.6) is 0 Å². The highest BCUT2D eigenvalue weighted by atomic mass is 16.2. The predicted molar refractivity (Wildman–Crippen MR) is 113 cm³/mol. The smallest absolute Gasteiger partial charge is 0.261 e. The Morgan fingerprint density at radius 2 is 1.63 bits per heavy atom. The summed E-state index contributed by atoms with van der Waals surface area (Å²) < 4.78 is 0. The van der Waals surface area contributed by atoms with E-state index in [9.17, 15) is 14.4 Å². The van der Waals surface area contributed by atoms with Crippen molar-refractivity contribution in [2.24, 2.45) is 11.8 Å². The summed E-state index contributed by atoms with van der Waals surface area (Å²) in [4.78, 5) is 42.8. The normalized spacial score (nSPS) is 25.4. The van der Waals surface area contributed by atoms with E-state index in [-0.39, 0.29) is 36.2 Å². The van der Waals surface area contributed by atoms with Gasteiger partial charge in [0, 0.05) is 12.5 Å². The number of amides is 3. The fourth-order valence-electron chi connectivity index (χ4n) is 5.42. The Bertz CT molecular complexity index is 996. The molecule has 154 valence electrons. The van der Waals surface area contributed by atoms with E-state index >= 15 is 0 Å². The van der Waals surface area contributed by atoms with Gasteiger partial charge < -0.3 is 4.90 Å². The monoisotopic (exact) mass is 402 g/mol. The van der Waals surface area contributed by atoms with E-state index in [4.69, 9.17) is 0 Å². The molecule has 0 bridgehead atoms. The van der Waals surface area contributed by atoms with Crippen molar-refractivity contribution in [1.82, 2.24) is 9.80 Å². The lowest BCUT2D eigenvalue weighted by Crippen LogP contribution is -2.48. The number of fused-ring (bicyclic) bond motifs is 2. The van der Waals surface area contributed by atoms with Crippen molar-refractivity contribution < 1.29 is 14.4 Å². The zero-order valence-corrected chi connectivity index (χ0v) is 17.2. The zero-order valence-electron chi connectivity index (χ0n) is 17.2. The zero-order chi connectivity index (χ0) is 20.8. The standard InChI is InChI=1S/C25H26N2O3/c1-16-7-6-12-18(16)23(28)26-14-13-17-8-2-3-9-19(17)22(26)15-27-24(29)20-10-4-5-11-21(20)25(27)30/h2-5,8-11,16,18,22H,6-7,12-15H2,1H3. The van der Waals surface area contributed by atoms with Gasteiger partial charge in [-0.15, -0.1) is 0 Å². The molecule has 1 fully saturated rings. The van der Waals surface area contributed by atoms with Gasteiger partial charge in [-0.1, -0.05) is 49.7 Å². The molecule has 1 saturated carbocycles. The third-order valence-corrected chi connectivity index (χ3v) is 7.11.